The molecule has 0 saturated carbocycles. The molecule has 0 radical (unpaired) electrons. The van der Waals surface area contributed by atoms with Crippen molar-refractivity contribution in [1.82, 2.24) is 9.97 Å². The number of nitrogens with one attached hydrogen (secondary N) is 1. The molecular weight excluding hydrogens is 392 g/mol. The van der Waals surface area contributed by atoms with Gasteiger partial charge in [-0.25, -0.2) is 18.7 Å². The molecule has 27 heavy (non-hydrogen) atoms. The van der Waals surface area contributed by atoms with Crippen LogP contribution >= 0.6 is 22.9 Å². The maximum absolute atomic E-state index is 13.7. The third kappa shape index (κ3) is 3.39. The second-order valence-corrected chi connectivity index (χ2v) is 6.93. The molecule has 4 aromatic rings. The summed E-state index contributed by atoms with van der Waals surface area (Å²) in [5, 5.41) is 2.94. The normalized spacial score (nSPS) is 10.9. The van der Waals surface area contributed by atoms with Crippen LogP contribution in [0.4, 0.5) is 14.6 Å². The molecule has 0 aliphatic carbocycles. The van der Waals surface area contributed by atoms with Crippen molar-refractivity contribution in [1.29, 1.82) is 0 Å². The first kappa shape index (κ1) is 17.5. The number of hydrogen-bond acceptors (Lipinski definition) is 4. The van der Waals surface area contributed by atoms with Gasteiger partial charge in [-0.1, -0.05) is 17.7 Å². The molecule has 1 amide bonds. The van der Waals surface area contributed by atoms with E-state index in [2.05, 4.69) is 15.3 Å². The van der Waals surface area contributed by atoms with E-state index in [0.29, 0.717) is 5.02 Å². The molecular formula is C19H10ClF2N3OS. The summed E-state index contributed by atoms with van der Waals surface area (Å²) in [6.07, 6.45) is 1.52. The second-order valence-electron chi connectivity index (χ2n) is 5.64. The largest absolute Gasteiger partial charge is 0.306 e. The summed E-state index contributed by atoms with van der Waals surface area (Å²) in [7, 11) is 0. The molecule has 2 heterocycles. The highest BCUT2D eigenvalue weighted by Gasteiger charge is 2.17. The number of carbonyl (C=O) groups is 1. The highest BCUT2D eigenvalue weighted by Crippen LogP contribution is 2.33. The molecule has 0 spiro atoms. The van der Waals surface area contributed by atoms with E-state index >= 15 is 0 Å². The SMILES string of the molecule is O=C(Nc1ccc(-c2cc3ncsc3cc2Cl)cn1)c1c(F)cccc1F. The van der Waals surface area contributed by atoms with Gasteiger partial charge in [0.1, 0.15) is 23.0 Å². The minimum Gasteiger partial charge on any atom is -0.306 e. The van der Waals surface area contributed by atoms with Gasteiger partial charge in [0.05, 0.1) is 20.7 Å². The number of fused-ring (bicyclic) bond motifs is 1. The summed E-state index contributed by atoms with van der Waals surface area (Å²) in [5.74, 6) is -2.62. The lowest BCUT2D eigenvalue weighted by atomic mass is 10.1. The summed E-state index contributed by atoms with van der Waals surface area (Å²) in [4.78, 5) is 20.5. The zero-order valence-corrected chi connectivity index (χ0v) is 15.1. The van der Waals surface area contributed by atoms with Gasteiger partial charge in [0.15, 0.2) is 0 Å². The minimum atomic E-state index is -0.938. The molecule has 0 atom stereocenters. The predicted molar refractivity (Wildman–Crippen MR) is 102 cm³/mol. The van der Waals surface area contributed by atoms with Crippen molar-refractivity contribution in [2.24, 2.45) is 0 Å². The third-order valence-electron chi connectivity index (χ3n) is 3.93. The van der Waals surface area contributed by atoms with Gasteiger partial charge in [0.2, 0.25) is 0 Å². The Morgan fingerprint density at radius 2 is 1.85 bits per heavy atom. The van der Waals surface area contributed by atoms with E-state index in [1.165, 1.54) is 29.7 Å². The van der Waals surface area contributed by atoms with Gasteiger partial charge in [-0.2, -0.15) is 0 Å². The number of nitrogens with zero attached hydrogens (tertiary/aromatic N) is 2. The van der Waals surface area contributed by atoms with Crippen LogP contribution in [0.1, 0.15) is 10.4 Å². The Morgan fingerprint density at radius 1 is 1.07 bits per heavy atom. The number of halogens is 3. The van der Waals surface area contributed by atoms with Crippen molar-refractivity contribution in [2.45, 2.75) is 0 Å². The number of benzene rings is 2. The molecule has 0 unspecified atom stereocenters. The van der Waals surface area contributed by atoms with Gasteiger partial charge in [0, 0.05) is 17.3 Å². The average molecular weight is 402 g/mol. The average Bonchev–Trinajstić information content (AvgIpc) is 3.09. The van der Waals surface area contributed by atoms with Crippen LogP contribution in [0, 0.1) is 11.6 Å². The van der Waals surface area contributed by atoms with Gasteiger partial charge in [0.25, 0.3) is 5.91 Å². The van der Waals surface area contributed by atoms with Crippen molar-refractivity contribution in [3.05, 3.63) is 76.4 Å². The maximum atomic E-state index is 13.7. The molecule has 1 N–H and O–H groups in total. The van der Waals surface area contributed by atoms with Crippen LogP contribution in [0.25, 0.3) is 21.3 Å². The molecule has 2 aromatic carbocycles. The van der Waals surface area contributed by atoms with E-state index in [9.17, 15) is 13.6 Å². The number of thiazole rings is 1. The number of anilines is 1. The molecule has 0 aliphatic rings. The quantitative estimate of drug-likeness (QED) is 0.490. The molecule has 2 aromatic heterocycles. The van der Waals surface area contributed by atoms with Crippen LogP contribution in [-0.2, 0) is 0 Å². The van der Waals surface area contributed by atoms with E-state index in [0.717, 1.165) is 33.5 Å². The van der Waals surface area contributed by atoms with Gasteiger partial charge < -0.3 is 5.32 Å². The van der Waals surface area contributed by atoms with Crippen molar-refractivity contribution in [2.75, 3.05) is 5.32 Å². The zero-order valence-electron chi connectivity index (χ0n) is 13.5. The molecule has 4 rings (SSSR count). The fourth-order valence-corrected chi connectivity index (χ4v) is 3.66. The lowest BCUT2D eigenvalue weighted by molar-refractivity contribution is 0.101. The predicted octanol–water partition coefficient (Wildman–Crippen LogP) is 5.54. The topological polar surface area (TPSA) is 54.9 Å². The Morgan fingerprint density at radius 3 is 2.56 bits per heavy atom. The number of aromatic nitrogens is 2. The summed E-state index contributed by atoms with van der Waals surface area (Å²) >= 11 is 7.83. The van der Waals surface area contributed by atoms with E-state index < -0.39 is 23.1 Å². The molecule has 134 valence electrons. The monoisotopic (exact) mass is 401 g/mol. The fourth-order valence-electron chi connectivity index (χ4n) is 2.62. The van der Waals surface area contributed by atoms with Crippen LogP contribution in [0.5, 0.6) is 0 Å². The van der Waals surface area contributed by atoms with Crippen LogP contribution in [0.2, 0.25) is 5.02 Å². The Labute approximate surface area is 161 Å². The van der Waals surface area contributed by atoms with Crippen LogP contribution in [0.3, 0.4) is 0 Å². The molecule has 0 saturated heterocycles. The Bertz CT molecular complexity index is 1140. The van der Waals surface area contributed by atoms with Crippen molar-refractivity contribution < 1.29 is 13.6 Å². The van der Waals surface area contributed by atoms with E-state index in [4.69, 9.17) is 11.6 Å². The maximum Gasteiger partial charge on any atom is 0.262 e. The van der Waals surface area contributed by atoms with Crippen molar-refractivity contribution in [3.63, 3.8) is 0 Å². The van der Waals surface area contributed by atoms with Crippen molar-refractivity contribution >= 4 is 44.9 Å². The summed E-state index contributed by atoms with van der Waals surface area (Å²) in [6.45, 7) is 0. The number of pyridine rings is 1. The Hall–Kier alpha value is -2.90. The fraction of sp³-hybridized carbons (Fsp3) is 0. The van der Waals surface area contributed by atoms with Crippen LogP contribution < -0.4 is 5.32 Å². The lowest BCUT2D eigenvalue weighted by Crippen LogP contribution is -2.16. The first-order chi connectivity index (χ1) is 13.0. The van der Waals surface area contributed by atoms with Crippen molar-refractivity contribution in [3.8, 4) is 11.1 Å². The first-order valence-corrected chi connectivity index (χ1v) is 9.03. The summed E-state index contributed by atoms with van der Waals surface area (Å²) in [5.41, 5.74) is 3.39. The van der Waals surface area contributed by atoms with Gasteiger partial charge in [-0.3, -0.25) is 4.79 Å². The number of rotatable bonds is 3. The summed E-state index contributed by atoms with van der Waals surface area (Å²) in [6, 6.07) is 10.2. The standard InChI is InChI=1S/C19H10ClF2N3OS/c20-12-7-16-15(24-9-27-16)6-11(12)10-4-5-17(23-8-10)25-19(26)18-13(21)2-1-3-14(18)22/h1-9H,(H,23,25,26). The molecule has 0 fully saturated rings. The third-order valence-corrected chi connectivity index (χ3v) is 5.03. The first-order valence-electron chi connectivity index (χ1n) is 7.77. The highest BCUT2D eigenvalue weighted by molar-refractivity contribution is 7.16. The Kier molecular flexibility index (Phi) is 4.55. The van der Waals surface area contributed by atoms with E-state index in [1.54, 1.807) is 11.6 Å². The number of amides is 1. The lowest BCUT2D eigenvalue weighted by Gasteiger charge is -2.08. The second kappa shape index (κ2) is 7.02. The number of hydrogen-bond donors (Lipinski definition) is 1. The Balaban J connectivity index is 1.60. The van der Waals surface area contributed by atoms with Crippen LogP contribution in [-0.4, -0.2) is 15.9 Å². The van der Waals surface area contributed by atoms with Gasteiger partial charge >= 0.3 is 0 Å². The molecule has 8 heteroatoms. The number of carbonyl (C=O) groups excluding carboxylic acids is 1. The van der Waals surface area contributed by atoms with E-state index in [1.807, 2.05) is 12.1 Å². The van der Waals surface area contributed by atoms with Gasteiger partial charge in [-0.05, 0) is 36.4 Å². The molecule has 0 bridgehead atoms. The zero-order chi connectivity index (χ0) is 19.0. The molecule has 4 nitrogen and oxygen atoms in total. The minimum absolute atomic E-state index is 0.164. The van der Waals surface area contributed by atoms with E-state index in [-0.39, 0.29) is 5.82 Å². The smallest absolute Gasteiger partial charge is 0.262 e. The van der Waals surface area contributed by atoms with Crippen LogP contribution in [0.15, 0.2) is 54.2 Å². The summed E-state index contributed by atoms with van der Waals surface area (Å²) < 4.78 is 28.4. The molecule has 0 aliphatic heterocycles. The highest BCUT2D eigenvalue weighted by atomic mass is 35.5. The van der Waals surface area contributed by atoms with Gasteiger partial charge in [-0.15, -0.1) is 11.3 Å².